The molecule has 4 rings (SSSR count). The van der Waals surface area contributed by atoms with Crippen LogP contribution in [-0.2, 0) is 4.79 Å². The summed E-state index contributed by atoms with van der Waals surface area (Å²) in [6.07, 6.45) is 0. The second-order valence-electron chi connectivity index (χ2n) is 7.08. The van der Waals surface area contributed by atoms with E-state index in [1.54, 1.807) is 22.8 Å². The summed E-state index contributed by atoms with van der Waals surface area (Å²) >= 11 is 8.72. The maximum absolute atomic E-state index is 13.3. The molecule has 2 aromatic carbocycles. The molecule has 32 heavy (non-hydrogen) atoms. The maximum Gasteiger partial charge on any atom is 0.276 e. The molecule has 9 heteroatoms. The van der Waals surface area contributed by atoms with Crippen molar-refractivity contribution in [1.82, 2.24) is 9.55 Å². The first-order valence-corrected chi connectivity index (χ1v) is 12.0. The first kappa shape index (κ1) is 22.4. The summed E-state index contributed by atoms with van der Waals surface area (Å²) in [5.41, 5.74) is 3.89. The number of methoxy groups -OCH3 is 1. The summed E-state index contributed by atoms with van der Waals surface area (Å²) in [7, 11) is 1.53. The van der Waals surface area contributed by atoms with Crippen molar-refractivity contribution in [2.75, 3.05) is 18.2 Å². The van der Waals surface area contributed by atoms with E-state index in [-0.39, 0.29) is 17.2 Å². The number of carbonyl (C=O) groups excluding carboxylic acids is 1. The Hall–Kier alpha value is -2.81. The molecule has 2 aromatic heterocycles. The smallest absolute Gasteiger partial charge is 0.276 e. The number of fused-ring (bicyclic) bond motifs is 1. The highest BCUT2D eigenvalue weighted by Crippen LogP contribution is 2.28. The fraction of sp³-hybridized carbons (Fsp3) is 0.174. The minimum atomic E-state index is -0.233. The van der Waals surface area contributed by atoms with Gasteiger partial charge < -0.3 is 10.1 Å². The minimum absolute atomic E-state index is 0.0800. The van der Waals surface area contributed by atoms with Gasteiger partial charge in [0.1, 0.15) is 10.4 Å². The third-order valence-corrected chi connectivity index (χ3v) is 7.16. The molecule has 2 heterocycles. The van der Waals surface area contributed by atoms with Crippen molar-refractivity contribution in [2.45, 2.75) is 19.0 Å². The number of benzene rings is 2. The third-order valence-electron chi connectivity index (χ3n) is 5.03. The van der Waals surface area contributed by atoms with E-state index in [9.17, 15) is 9.59 Å². The highest BCUT2D eigenvalue weighted by atomic mass is 35.5. The lowest BCUT2D eigenvalue weighted by Crippen LogP contribution is -2.23. The quantitative estimate of drug-likeness (QED) is 0.290. The second-order valence-corrected chi connectivity index (χ2v) is 9.34. The zero-order chi connectivity index (χ0) is 22.8. The molecule has 0 aliphatic carbocycles. The summed E-state index contributed by atoms with van der Waals surface area (Å²) in [6.45, 7) is 3.98. The van der Waals surface area contributed by atoms with Gasteiger partial charge in [0.2, 0.25) is 5.91 Å². The number of hydrogen-bond acceptors (Lipinski definition) is 6. The Morgan fingerprint density at radius 3 is 2.81 bits per heavy atom. The summed E-state index contributed by atoms with van der Waals surface area (Å²) < 4.78 is 7.33. The first-order valence-electron chi connectivity index (χ1n) is 9.72. The normalized spacial score (nSPS) is 11.0. The standard InChI is InChI=1S/C23H20ClN3O3S2/c1-13-5-4-6-18(14(13)2)27-22(29)21-17(9-10-31-21)26-23(27)32-12-20(28)25-15-7-8-19(30-3)16(24)11-15/h4-11H,12H2,1-3H3,(H,25,28). The number of thiophene rings is 1. The van der Waals surface area contributed by atoms with Gasteiger partial charge in [-0.3, -0.25) is 14.2 Å². The first-order chi connectivity index (χ1) is 15.4. The van der Waals surface area contributed by atoms with Crippen molar-refractivity contribution in [3.05, 3.63) is 74.3 Å². The zero-order valence-electron chi connectivity index (χ0n) is 17.6. The molecule has 0 aliphatic rings. The molecule has 0 atom stereocenters. The Morgan fingerprint density at radius 1 is 1.25 bits per heavy atom. The molecule has 1 N–H and O–H groups in total. The molecule has 1 amide bonds. The van der Waals surface area contributed by atoms with Crippen LogP contribution in [0.25, 0.3) is 15.9 Å². The van der Waals surface area contributed by atoms with Gasteiger partial charge in [0.25, 0.3) is 5.56 Å². The highest BCUT2D eigenvalue weighted by Gasteiger charge is 2.17. The van der Waals surface area contributed by atoms with Crippen LogP contribution in [0, 0.1) is 13.8 Å². The van der Waals surface area contributed by atoms with E-state index in [0.717, 1.165) is 16.8 Å². The van der Waals surface area contributed by atoms with E-state index in [4.69, 9.17) is 16.3 Å². The van der Waals surface area contributed by atoms with Crippen LogP contribution in [0.4, 0.5) is 5.69 Å². The molecular weight excluding hydrogens is 466 g/mol. The van der Waals surface area contributed by atoms with Crippen LogP contribution < -0.4 is 15.6 Å². The molecule has 0 radical (unpaired) electrons. The van der Waals surface area contributed by atoms with Gasteiger partial charge in [-0.15, -0.1) is 11.3 Å². The molecule has 0 bridgehead atoms. The van der Waals surface area contributed by atoms with Gasteiger partial charge in [-0.25, -0.2) is 4.98 Å². The SMILES string of the molecule is COc1ccc(NC(=O)CSc2nc3ccsc3c(=O)n2-c2cccc(C)c2C)cc1Cl. The van der Waals surface area contributed by atoms with Crippen LogP contribution in [0.1, 0.15) is 11.1 Å². The Kier molecular flexibility index (Phi) is 6.55. The number of halogens is 1. The van der Waals surface area contributed by atoms with Gasteiger partial charge in [0, 0.05) is 5.69 Å². The van der Waals surface area contributed by atoms with E-state index in [2.05, 4.69) is 10.3 Å². The lowest BCUT2D eigenvalue weighted by atomic mass is 10.1. The molecule has 6 nitrogen and oxygen atoms in total. The number of ether oxygens (including phenoxy) is 1. The summed E-state index contributed by atoms with van der Waals surface area (Å²) in [5.74, 6) is 0.379. The summed E-state index contributed by atoms with van der Waals surface area (Å²) in [4.78, 5) is 30.6. The van der Waals surface area contributed by atoms with Crippen LogP contribution in [0.5, 0.6) is 5.75 Å². The molecule has 4 aromatic rings. The fourth-order valence-electron chi connectivity index (χ4n) is 3.25. The number of aromatic nitrogens is 2. The third kappa shape index (κ3) is 4.39. The molecule has 0 saturated carbocycles. The Bertz CT molecular complexity index is 1380. The predicted octanol–water partition coefficient (Wildman–Crippen LogP) is 5.46. The largest absolute Gasteiger partial charge is 0.495 e. The lowest BCUT2D eigenvalue weighted by molar-refractivity contribution is -0.113. The number of thioether (sulfide) groups is 1. The molecule has 0 aliphatic heterocycles. The van der Waals surface area contributed by atoms with Gasteiger partial charge >= 0.3 is 0 Å². The molecule has 0 unspecified atom stereocenters. The van der Waals surface area contributed by atoms with Crippen LogP contribution in [0.3, 0.4) is 0 Å². The van der Waals surface area contributed by atoms with Crippen LogP contribution in [0.2, 0.25) is 5.02 Å². The number of nitrogens with one attached hydrogen (secondary N) is 1. The number of carbonyl (C=O) groups is 1. The number of amides is 1. The summed E-state index contributed by atoms with van der Waals surface area (Å²) in [6, 6.07) is 12.7. The van der Waals surface area contributed by atoms with Crippen LogP contribution in [-0.4, -0.2) is 28.3 Å². The molecular formula is C23H20ClN3O3S2. The van der Waals surface area contributed by atoms with Gasteiger partial charge in [-0.1, -0.05) is 35.5 Å². The van der Waals surface area contributed by atoms with Gasteiger partial charge in [0.05, 0.1) is 29.1 Å². The monoisotopic (exact) mass is 485 g/mol. The molecule has 0 fully saturated rings. The topological polar surface area (TPSA) is 73.2 Å². The van der Waals surface area contributed by atoms with Crippen molar-refractivity contribution in [3.63, 3.8) is 0 Å². The maximum atomic E-state index is 13.3. The van der Waals surface area contributed by atoms with E-state index in [1.807, 2.05) is 43.5 Å². The van der Waals surface area contributed by atoms with E-state index < -0.39 is 0 Å². The minimum Gasteiger partial charge on any atom is -0.495 e. The Labute approximate surface area is 198 Å². The predicted molar refractivity (Wildman–Crippen MR) is 132 cm³/mol. The van der Waals surface area contributed by atoms with E-state index in [0.29, 0.717) is 31.8 Å². The average molecular weight is 486 g/mol. The van der Waals surface area contributed by atoms with Crippen LogP contribution >= 0.6 is 34.7 Å². The summed E-state index contributed by atoms with van der Waals surface area (Å²) in [5, 5.41) is 5.54. The Morgan fingerprint density at radius 2 is 2.06 bits per heavy atom. The van der Waals surface area contributed by atoms with Gasteiger partial charge in [-0.05, 0) is 60.7 Å². The number of aryl methyl sites for hydroxylation is 1. The van der Waals surface area contributed by atoms with Crippen LogP contribution in [0.15, 0.2) is 57.8 Å². The van der Waals surface area contributed by atoms with Gasteiger partial charge in [0.15, 0.2) is 5.16 Å². The van der Waals surface area contributed by atoms with Crippen molar-refractivity contribution < 1.29 is 9.53 Å². The molecule has 0 spiro atoms. The zero-order valence-corrected chi connectivity index (χ0v) is 20.0. The van der Waals surface area contributed by atoms with E-state index in [1.165, 1.54) is 30.2 Å². The van der Waals surface area contributed by atoms with Crippen molar-refractivity contribution in [1.29, 1.82) is 0 Å². The van der Waals surface area contributed by atoms with Crippen molar-refractivity contribution in [2.24, 2.45) is 0 Å². The highest BCUT2D eigenvalue weighted by molar-refractivity contribution is 7.99. The Balaban J connectivity index is 1.64. The molecule has 164 valence electrons. The number of hydrogen-bond donors (Lipinski definition) is 1. The van der Waals surface area contributed by atoms with Crippen molar-refractivity contribution in [3.8, 4) is 11.4 Å². The molecule has 0 saturated heterocycles. The fourth-order valence-corrected chi connectivity index (χ4v) is 5.07. The van der Waals surface area contributed by atoms with Crippen molar-refractivity contribution >= 4 is 56.5 Å². The average Bonchev–Trinajstić information content (AvgIpc) is 3.24. The number of nitrogens with zero attached hydrogens (tertiary/aromatic N) is 2. The lowest BCUT2D eigenvalue weighted by Gasteiger charge is -2.15. The second kappa shape index (κ2) is 9.36. The number of anilines is 1. The number of rotatable bonds is 6. The van der Waals surface area contributed by atoms with Gasteiger partial charge in [-0.2, -0.15) is 0 Å². The van der Waals surface area contributed by atoms with E-state index >= 15 is 0 Å².